The van der Waals surface area contributed by atoms with E-state index in [1.807, 2.05) is 30.3 Å². The topological polar surface area (TPSA) is 40.5 Å². The van der Waals surface area contributed by atoms with Gasteiger partial charge in [0.15, 0.2) is 0 Å². The van der Waals surface area contributed by atoms with Crippen LogP contribution in [0.2, 0.25) is 0 Å². The molecular formula is C17H25NO2. The quantitative estimate of drug-likeness (QED) is 0.897. The number of carboxylic acid groups (broad SMARTS) is 1. The predicted molar refractivity (Wildman–Crippen MR) is 80.8 cm³/mol. The van der Waals surface area contributed by atoms with Gasteiger partial charge in [-0.15, -0.1) is 0 Å². The molecule has 110 valence electrons. The first kappa shape index (κ1) is 15.0. The Morgan fingerprint density at radius 2 is 2.00 bits per heavy atom. The Balaban J connectivity index is 2.04. The van der Waals surface area contributed by atoms with Crippen molar-refractivity contribution in [3.8, 4) is 0 Å². The van der Waals surface area contributed by atoms with E-state index in [1.165, 1.54) is 12.8 Å². The van der Waals surface area contributed by atoms with Crippen LogP contribution in [0.3, 0.4) is 0 Å². The van der Waals surface area contributed by atoms with Gasteiger partial charge in [-0.25, -0.2) is 0 Å². The normalized spacial score (nSPS) is 20.5. The Labute approximate surface area is 121 Å². The van der Waals surface area contributed by atoms with Crippen LogP contribution in [-0.2, 0) is 11.2 Å². The van der Waals surface area contributed by atoms with Crippen LogP contribution in [0.25, 0.3) is 0 Å². The molecule has 0 radical (unpaired) electrons. The van der Waals surface area contributed by atoms with E-state index in [-0.39, 0.29) is 11.5 Å². The number of carboxylic acids is 1. The van der Waals surface area contributed by atoms with E-state index in [9.17, 15) is 9.90 Å². The molecule has 1 aromatic carbocycles. The van der Waals surface area contributed by atoms with Crippen molar-refractivity contribution in [1.82, 2.24) is 4.90 Å². The first-order chi connectivity index (χ1) is 9.49. The van der Waals surface area contributed by atoms with Crippen LogP contribution >= 0.6 is 0 Å². The molecule has 1 unspecified atom stereocenters. The number of likely N-dealkylation sites (tertiary alicyclic amines) is 1. The minimum Gasteiger partial charge on any atom is -0.481 e. The zero-order valence-electron chi connectivity index (χ0n) is 12.5. The van der Waals surface area contributed by atoms with E-state index in [4.69, 9.17) is 0 Å². The first-order valence-corrected chi connectivity index (χ1v) is 7.51. The number of hydrogen-bond acceptors (Lipinski definition) is 2. The Bertz CT molecular complexity index is 442. The van der Waals surface area contributed by atoms with E-state index < -0.39 is 5.97 Å². The average molecular weight is 275 g/mol. The maximum Gasteiger partial charge on any atom is 0.308 e. The zero-order chi connectivity index (χ0) is 14.6. The molecule has 1 aliphatic heterocycles. The summed E-state index contributed by atoms with van der Waals surface area (Å²) in [5, 5.41) is 9.51. The minimum absolute atomic E-state index is 0.128. The summed E-state index contributed by atoms with van der Waals surface area (Å²) in [6.07, 6.45) is 4.20. The summed E-state index contributed by atoms with van der Waals surface area (Å²) >= 11 is 0. The molecule has 1 N–H and O–H groups in total. The molecule has 1 fully saturated rings. The van der Waals surface area contributed by atoms with Gasteiger partial charge in [0.1, 0.15) is 0 Å². The highest BCUT2D eigenvalue weighted by atomic mass is 16.4. The fourth-order valence-electron chi connectivity index (χ4n) is 3.05. The van der Waals surface area contributed by atoms with Crippen molar-refractivity contribution in [2.75, 3.05) is 13.1 Å². The van der Waals surface area contributed by atoms with Gasteiger partial charge in [-0.05, 0) is 45.2 Å². The van der Waals surface area contributed by atoms with Crippen molar-refractivity contribution in [2.45, 2.75) is 45.1 Å². The molecular weight excluding hydrogens is 250 g/mol. The molecule has 2 rings (SSSR count). The molecule has 3 heteroatoms. The summed E-state index contributed by atoms with van der Waals surface area (Å²) in [6.45, 7) is 6.13. The Kier molecular flexibility index (Phi) is 4.81. The SMILES string of the molecule is CC1(C)CCCCN1CC(Cc1ccccc1)C(=O)O. The molecule has 20 heavy (non-hydrogen) atoms. The van der Waals surface area contributed by atoms with Gasteiger partial charge in [-0.3, -0.25) is 9.69 Å². The third-order valence-corrected chi connectivity index (χ3v) is 4.44. The first-order valence-electron chi connectivity index (χ1n) is 7.51. The average Bonchev–Trinajstić information content (AvgIpc) is 2.41. The number of rotatable bonds is 5. The minimum atomic E-state index is -0.685. The molecule has 0 bridgehead atoms. The van der Waals surface area contributed by atoms with Crippen molar-refractivity contribution in [3.05, 3.63) is 35.9 Å². The van der Waals surface area contributed by atoms with Crippen molar-refractivity contribution in [3.63, 3.8) is 0 Å². The molecule has 0 aromatic heterocycles. The molecule has 3 nitrogen and oxygen atoms in total. The van der Waals surface area contributed by atoms with Crippen LogP contribution < -0.4 is 0 Å². The van der Waals surface area contributed by atoms with E-state index in [1.54, 1.807) is 0 Å². The summed E-state index contributed by atoms with van der Waals surface area (Å²) in [4.78, 5) is 13.9. The van der Waals surface area contributed by atoms with E-state index in [0.717, 1.165) is 18.5 Å². The predicted octanol–water partition coefficient (Wildman–Crippen LogP) is 3.19. The molecule has 1 heterocycles. The standard InChI is InChI=1S/C17H25NO2/c1-17(2)10-6-7-11-18(17)13-15(16(19)20)12-14-8-4-3-5-9-14/h3-5,8-9,15H,6-7,10-13H2,1-2H3,(H,19,20). The number of piperidine rings is 1. The van der Waals surface area contributed by atoms with Crippen LogP contribution in [0.4, 0.5) is 0 Å². The van der Waals surface area contributed by atoms with Crippen LogP contribution in [0.15, 0.2) is 30.3 Å². The van der Waals surface area contributed by atoms with Gasteiger partial charge < -0.3 is 5.11 Å². The largest absolute Gasteiger partial charge is 0.481 e. The highest BCUT2D eigenvalue weighted by Crippen LogP contribution is 2.28. The van der Waals surface area contributed by atoms with Gasteiger partial charge in [-0.1, -0.05) is 36.8 Å². The van der Waals surface area contributed by atoms with Crippen LogP contribution in [0.5, 0.6) is 0 Å². The highest BCUT2D eigenvalue weighted by molar-refractivity contribution is 5.70. The van der Waals surface area contributed by atoms with Crippen molar-refractivity contribution < 1.29 is 9.90 Å². The van der Waals surface area contributed by atoms with E-state index in [2.05, 4.69) is 18.7 Å². The van der Waals surface area contributed by atoms with Gasteiger partial charge in [0.25, 0.3) is 0 Å². The second-order valence-corrected chi connectivity index (χ2v) is 6.44. The van der Waals surface area contributed by atoms with Crippen molar-refractivity contribution in [1.29, 1.82) is 0 Å². The zero-order valence-corrected chi connectivity index (χ0v) is 12.5. The number of hydrogen-bond donors (Lipinski definition) is 1. The molecule has 0 saturated carbocycles. The number of carbonyl (C=O) groups is 1. The number of nitrogens with zero attached hydrogens (tertiary/aromatic N) is 1. The monoisotopic (exact) mass is 275 g/mol. The molecule has 0 spiro atoms. The fraction of sp³-hybridized carbons (Fsp3) is 0.588. The molecule has 1 aliphatic rings. The summed E-state index contributed by atoms with van der Waals surface area (Å²) in [5.41, 5.74) is 1.23. The second kappa shape index (κ2) is 6.40. The lowest BCUT2D eigenvalue weighted by atomic mass is 9.88. The third kappa shape index (κ3) is 3.83. The molecule has 0 aliphatic carbocycles. The molecule has 1 saturated heterocycles. The van der Waals surface area contributed by atoms with Crippen LogP contribution in [0.1, 0.15) is 38.7 Å². The number of aliphatic carboxylic acids is 1. The fourth-order valence-corrected chi connectivity index (χ4v) is 3.05. The van der Waals surface area contributed by atoms with Crippen molar-refractivity contribution >= 4 is 5.97 Å². The second-order valence-electron chi connectivity index (χ2n) is 6.44. The van der Waals surface area contributed by atoms with Gasteiger partial charge in [0.2, 0.25) is 0 Å². The van der Waals surface area contributed by atoms with Gasteiger partial charge in [0.05, 0.1) is 5.92 Å². The molecule has 1 aromatic rings. The van der Waals surface area contributed by atoms with Crippen LogP contribution in [0, 0.1) is 5.92 Å². The lowest BCUT2D eigenvalue weighted by Gasteiger charge is -2.43. The summed E-state index contributed by atoms with van der Waals surface area (Å²) in [7, 11) is 0. The lowest BCUT2D eigenvalue weighted by Crippen LogP contribution is -2.50. The summed E-state index contributed by atoms with van der Waals surface area (Å²) in [5.74, 6) is -1.01. The molecule has 1 atom stereocenters. The highest BCUT2D eigenvalue weighted by Gasteiger charge is 2.32. The van der Waals surface area contributed by atoms with Gasteiger partial charge in [-0.2, -0.15) is 0 Å². The maximum absolute atomic E-state index is 11.6. The molecule has 0 amide bonds. The van der Waals surface area contributed by atoms with E-state index in [0.29, 0.717) is 13.0 Å². The third-order valence-electron chi connectivity index (χ3n) is 4.44. The van der Waals surface area contributed by atoms with Crippen molar-refractivity contribution in [2.24, 2.45) is 5.92 Å². The summed E-state index contributed by atoms with van der Waals surface area (Å²) in [6, 6.07) is 9.93. The Morgan fingerprint density at radius 1 is 1.30 bits per heavy atom. The maximum atomic E-state index is 11.6. The smallest absolute Gasteiger partial charge is 0.308 e. The van der Waals surface area contributed by atoms with Gasteiger partial charge >= 0.3 is 5.97 Å². The summed E-state index contributed by atoms with van der Waals surface area (Å²) < 4.78 is 0. The Hall–Kier alpha value is -1.35. The number of benzene rings is 1. The lowest BCUT2D eigenvalue weighted by molar-refractivity contribution is -0.143. The van der Waals surface area contributed by atoms with Crippen LogP contribution in [-0.4, -0.2) is 34.6 Å². The van der Waals surface area contributed by atoms with Gasteiger partial charge in [0, 0.05) is 12.1 Å². The van der Waals surface area contributed by atoms with E-state index >= 15 is 0 Å². The Morgan fingerprint density at radius 3 is 2.60 bits per heavy atom.